The van der Waals surface area contributed by atoms with Gasteiger partial charge in [-0.05, 0) is 48.9 Å². The van der Waals surface area contributed by atoms with Crippen molar-refractivity contribution < 1.29 is 19.1 Å². The fourth-order valence-corrected chi connectivity index (χ4v) is 3.73. The van der Waals surface area contributed by atoms with Crippen molar-refractivity contribution in [1.82, 2.24) is 0 Å². The first-order chi connectivity index (χ1) is 15.1. The number of nitrogens with zero attached hydrogens (tertiary/aromatic N) is 1. The van der Waals surface area contributed by atoms with Gasteiger partial charge in [-0.3, -0.25) is 14.5 Å². The van der Waals surface area contributed by atoms with Crippen molar-refractivity contribution >= 4 is 29.2 Å². The Balaban J connectivity index is 1.60. The zero-order valence-corrected chi connectivity index (χ0v) is 17.1. The Kier molecular flexibility index (Phi) is 5.80. The molecule has 0 saturated carbocycles. The smallest absolute Gasteiger partial charge is 0.338 e. The van der Waals surface area contributed by atoms with Crippen LogP contribution in [-0.4, -0.2) is 30.4 Å². The zero-order valence-electron chi connectivity index (χ0n) is 17.1. The number of hydrogen-bond acceptors (Lipinski definition) is 4. The number of amides is 2. The number of anilines is 2. The highest BCUT2D eigenvalue weighted by molar-refractivity contribution is 6.13. The van der Waals surface area contributed by atoms with Crippen LogP contribution in [0.25, 0.3) is 0 Å². The van der Waals surface area contributed by atoms with E-state index in [2.05, 4.69) is 5.32 Å². The molecule has 0 unspecified atom stereocenters. The van der Waals surface area contributed by atoms with Crippen molar-refractivity contribution in [1.29, 1.82) is 0 Å². The summed E-state index contributed by atoms with van der Waals surface area (Å²) in [6.45, 7) is 2.01. The van der Waals surface area contributed by atoms with Crippen molar-refractivity contribution in [3.8, 4) is 0 Å². The van der Waals surface area contributed by atoms with E-state index in [0.29, 0.717) is 23.2 Å². The molecule has 1 atom stereocenters. The van der Waals surface area contributed by atoms with Crippen LogP contribution in [0.3, 0.4) is 0 Å². The molecule has 1 heterocycles. The first-order valence-corrected chi connectivity index (χ1v) is 10.1. The van der Waals surface area contributed by atoms with Crippen LogP contribution in [0.1, 0.15) is 33.2 Å². The second-order valence-electron chi connectivity index (χ2n) is 7.18. The van der Waals surface area contributed by atoms with Crippen molar-refractivity contribution in [2.75, 3.05) is 16.8 Å². The molecule has 6 nitrogen and oxygen atoms in total. The number of fused-ring (bicyclic) bond motifs is 1. The number of rotatable bonds is 5. The summed E-state index contributed by atoms with van der Waals surface area (Å²) in [5, 5.41) is 2.85. The van der Waals surface area contributed by atoms with Gasteiger partial charge in [0.05, 0.1) is 12.2 Å². The summed E-state index contributed by atoms with van der Waals surface area (Å²) >= 11 is 0. The molecule has 0 spiro atoms. The van der Waals surface area contributed by atoms with E-state index in [1.807, 2.05) is 30.3 Å². The number of ether oxygens (including phenoxy) is 1. The van der Waals surface area contributed by atoms with Gasteiger partial charge < -0.3 is 10.1 Å². The van der Waals surface area contributed by atoms with Gasteiger partial charge >= 0.3 is 5.97 Å². The van der Waals surface area contributed by atoms with E-state index < -0.39 is 12.0 Å². The highest BCUT2D eigenvalue weighted by Gasteiger charge is 2.38. The van der Waals surface area contributed by atoms with Gasteiger partial charge in [0.15, 0.2) is 0 Å². The largest absolute Gasteiger partial charge is 0.462 e. The maximum Gasteiger partial charge on any atom is 0.338 e. The summed E-state index contributed by atoms with van der Waals surface area (Å²) < 4.78 is 5.02. The van der Waals surface area contributed by atoms with E-state index >= 15 is 0 Å². The van der Waals surface area contributed by atoms with Crippen LogP contribution in [0.15, 0.2) is 78.9 Å². The Morgan fingerprint density at radius 2 is 1.65 bits per heavy atom. The monoisotopic (exact) mass is 414 g/mol. The Morgan fingerprint density at radius 3 is 2.42 bits per heavy atom. The van der Waals surface area contributed by atoms with E-state index in [-0.39, 0.29) is 18.4 Å². The van der Waals surface area contributed by atoms with Crippen molar-refractivity contribution in [2.24, 2.45) is 0 Å². The van der Waals surface area contributed by atoms with Gasteiger partial charge in [-0.15, -0.1) is 0 Å². The minimum absolute atomic E-state index is 0.231. The number of carbonyl (C=O) groups excluding carboxylic acids is 3. The topological polar surface area (TPSA) is 75.7 Å². The van der Waals surface area contributed by atoms with Gasteiger partial charge in [-0.2, -0.15) is 0 Å². The van der Waals surface area contributed by atoms with E-state index in [1.165, 1.54) is 0 Å². The van der Waals surface area contributed by atoms with Gasteiger partial charge in [0, 0.05) is 23.4 Å². The fourth-order valence-electron chi connectivity index (χ4n) is 3.73. The number of benzene rings is 3. The summed E-state index contributed by atoms with van der Waals surface area (Å²) in [6.07, 6.45) is 0.415. The maximum atomic E-state index is 13.3. The summed E-state index contributed by atoms with van der Waals surface area (Å²) in [5.41, 5.74) is 3.01. The third-order valence-corrected chi connectivity index (χ3v) is 5.16. The molecule has 156 valence electrons. The molecule has 3 aromatic carbocycles. The lowest BCUT2D eigenvalue weighted by atomic mass is 10.1. The van der Waals surface area contributed by atoms with Crippen LogP contribution < -0.4 is 10.2 Å². The fraction of sp³-hybridized carbons (Fsp3) is 0.160. The normalized spacial score (nSPS) is 14.6. The summed E-state index contributed by atoms with van der Waals surface area (Å²) in [6, 6.07) is 22.3. The highest BCUT2D eigenvalue weighted by atomic mass is 16.5. The predicted molar refractivity (Wildman–Crippen MR) is 118 cm³/mol. The predicted octanol–water partition coefficient (Wildman–Crippen LogP) is 4.07. The molecule has 3 aromatic rings. The zero-order chi connectivity index (χ0) is 21.8. The first kappa shape index (κ1) is 20.3. The Morgan fingerprint density at radius 1 is 0.935 bits per heavy atom. The second-order valence-corrected chi connectivity index (χ2v) is 7.18. The Bertz CT molecular complexity index is 1130. The minimum Gasteiger partial charge on any atom is -0.462 e. The van der Waals surface area contributed by atoms with Gasteiger partial charge in [0.1, 0.15) is 6.04 Å². The quantitative estimate of drug-likeness (QED) is 0.639. The van der Waals surface area contributed by atoms with Gasteiger partial charge in [0.2, 0.25) is 5.91 Å². The molecule has 1 aliphatic rings. The molecule has 0 radical (unpaired) electrons. The summed E-state index contributed by atoms with van der Waals surface area (Å²) in [5.74, 6) is -1.000. The molecule has 4 rings (SSSR count). The number of para-hydroxylation sites is 1. The van der Waals surface area contributed by atoms with E-state index in [9.17, 15) is 14.4 Å². The first-order valence-electron chi connectivity index (χ1n) is 10.1. The summed E-state index contributed by atoms with van der Waals surface area (Å²) in [4.78, 5) is 40.0. The molecular weight excluding hydrogens is 392 g/mol. The van der Waals surface area contributed by atoms with Crippen LogP contribution in [-0.2, 0) is 16.0 Å². The van der Waals surface area contributed by atoms with Crippen LogP contribution in [0.5, 0.6) is 0 Å². The van der Waals surface area contributed by atoms with Crippen LogP contribution >= 0.6 is 0 Å². The second kappa shape index (κ2) is 8.83. The van der Waals surface area contributed by atoms with Crippen molar-refractivity contribution in [3.63, 3.8) is 0 Å². The molecule has 0 fully saturated rings. The lowest BCUT2D eigenvalue weighted by molar-refractivity contribution is -0.117. The molecular formula is C25H22N2O4. The van der Waals surface area contributed by atoms with E-state index in [1.54, 1.807) is 60.4 Å². The van der Waals surface area contributed by atoms with Crippen molar-refractivity contribution in [3.05, 3.63) is 95.6 Å². The van der Waals surface area contributed by atoms with Crippen LogP contribution in [0, 0.1) is 0 Å². The van der Waals surface area contributed by atoms with Crippen LogP contribution in [0.2, 0.25) is 0 Å². The Labute approximate surface area is 180 Å². The third-order valence-electron chi connectivity index (χ3n) is 5.16. The lowest BCUT2D eigenvalue weighted by Gasteiger charge is -2.25. The maximum absolute atomic E-state index is 13.3. The van der Waals surface area contributed by atoms with Crippen LogP contribution in [0.4, 0.5) is 11.4 Å². The Hall–Kier alpha value is -3.93. The number of nitrogens with one attached hydrogen (secondary N) is 1. The standard InChI is InChI=1S/C25H22N2O4/c1-2-31-25(30)19-12-8-13-20(15-19)26-23(28)22-16-18-11-6-7-14-21(18)27(22)24(29)17-9-4-3-5-10-17/h3-15,22H,2,16H2,1H3,(H,26,28)/t22-/m0/s1. The third kappa shape index (κ3) is 4.19. The lowest BCUT2D eigenvalue weighted by Crippen LogP contribution is -2.45. The molecule has 1 aliphatic heterocycles. The molecule has 0 aromatic heterocycles. The SMILES string of the molecule is CCOC(=O)c1cccc(NC(=O)[C@@H]2Cc3ccccc3N2C(=O)c2ccccc2)c1. The number of carbonyl (C=O) groups is 3. The molecule has 0 bridgehead atoms. The molecule has 2 amide bonds. The average molecular weight is 414 g/mol. The summed E-state index contributed by atoms with van der Waals surface area (Å²) in [7, 11) is 0. The van der Waals surface area contributed by atoms with E-state index in [0.717, 1.165) is 11.3 Å². The molecule has 0 aliphatic carbocycles. The highest BCUT2D eigenvalue weighted by Crippen LogP contribution is 2.34. The van der Waals surface area contributed by atoms with Gasteiger partial charge in [-0.25, -0.2) is 4.79 Å². The minimum atomic E-state index is -0.698. The number of esters is 1. The number of hydrogen-bond donors (Lipinski definition) is 1. The van der Waals surface area contributed by atoms with Crippen molar-refractivity contribution in [2.45, 2.75) is 19.4 Å². The molecule has 6 heteroatoms. The average Bonchev–Trinajstić information content (AvgIpc) is 3.19. The molecule has 31 heavy (non-hydrogen) atoms. The molecule has 1 N–H and O–H groups in total. The van der Waals surface area contributed by atoms with Gasteiger partial charge in [0.25, 0.3) is 5.91 Å². The molecule has 0 saturated heterocycles. The van der Waals surface area contributed by atoms with Gasteiger partial charge in [-0.1, -0.05) is 42.5 Å². The van der Waals surface area contributed by atoms with E-state index in [4.69, 9.17) is 4.74 Å².